The fraction of sp³-hybridized carbons (Fsp3) is 0.643. The van der Waals surface area contributed by atoms with Crippen molar-refractivity contribution in [3.63, 3.8) is 0 Å². The van der Waals surface area contributed by atoms with Crippen LogP contribution in [0.2, 0.25) is 0 Å². The first-order valence-corrected chi connectivity index (χ1v) is 6.53. The van der Waals surface area contributed by atoms with Crippen LogP contribution in [-0.4, -0.2) is 37.2 Å². The highest BCUT2D eigenvalue weighted by Crippen LogP contribution is 2.30. The molecule has 1 aliphatic rings. The van der Waals surface area contributed by atoms with Crippen LogP contribution >= 0.6 is 0 Å². The molecule has 0 bridgehead atoms. The zero-order valence-electron chi connectivity index (χ0n) is 11.7. The van der Waals surface area contributed by atoms with E-state index in [1.807, 2.05) is 12.2 Å². The van der Waals surface area contributed by atoms with Crippen LogP contribution in [-0.2, 0) is 23.9 Å². The predicted octanol–water partition coefficient (Wildman–Crippen LogP) is 1.40. The van der Waals surface area contributed by atoms with E-state index >= 15 is 0 Å². The maximum absolute atomic E-state index is 11.5. The summed E-state index contributed by atoms with van der Waals surface area (Å²) in [7, 11) is 2.47. The highest BCUT2D eigenvalue weighted by molar-refractivity contribution is 5.94. The highest BCUT2D eigenvalue weighted by Gasteiger charge is 2.30. The molecule has 0 amide bonds. The van der Waals surface area contributed by atoms with Gasteiger partial charge in [0.05, 0.1) is 20.6 Å². The molecular weight excluding hydrogens is 264 g/mol. The molecule has 20 heavy (non-hydrogen) atoms. The van der Waals surface area contributed by atoms with Gasteiger partial charge in [0.15, 0.2) is 5.92 Å². The molecule has 0 saturated carbocycles. The number of carboxylic acids is 1. The van der Waals surface area contributed by atoms with Crippen LogP contribution in [0.4, 0.5) is 0 Å². The third-order valence-electron chi connectivity index (χ3n) is 3.50. The smallest absolute Gasteiger partial charge is 0.320 e. The van der Waals surface area contributed by atoms with Gasteiger partial charge in [-0.2, -0.15) is 0 Å². The average Bonchev–Trinajstić information content (AvgIpc) is 2.84. The summed E-state index contributed by atoms with van der Waals surface area (Å²) in [5.41, 5.74) is 0. The van der Waals surface area contributed by atoms with Crippen LogP contribution < -0.4 is 0 Å². The summed E-state index contributed by atoms with van der Waals surface area (Å²) < 4.78 is 9.18. The van der Waals surface area contributed by atoms with E-state index in [-0.39, 0.29) is 18.3 Å². The van der Waals surface area contributed by atoms with Gasteiger partial charge in [0.25, 0.3) is 0 Å². The van der Waals surface area contributed by atoms with Crippen LogP contribution in [0, 0.1) is 17.8 Å². The lowest BCUT2D eigenvalue weighted by atomic mass is 9.92. The number of hydrogen-bond donors (Lipinski definition) is 1. The van der Waals surface area contributed by atoms with Crippen LogP contribution in [0.15, 0.2) is 12.2 Å². The van der Waals surface area contributed by atoms with E-state index in [1.54, 1.807) is 0 Å². The summed E-state index contributed by atoms with van der Waals surface area (Å²) in [6, 6.07) is 0. The summed E-state index contributed by atoms with van der Waals surface area (Å²) in [5.74, 6) is -2.69. The van der Waals surface area contributed by atoms with Crippen molar-refractivity contribution in [3.05, 3.63) is 12.2 Å². The SMILES string of the molecule is COC(=O)C(CC[C@@H]1C=C[C@H](CC(=O)O)C1)C(=O)OC. The highest BCUT2D eigenvalue weighted by atomic mass is 16.5. The molecule has 6 heteroatoms. The number of methoxy groups -OCH3 is 2. The Kier molecular flexibility index (Phi) is 6.21. The molecular formula is C14H20O6. The van der Waals surface area contributed by atoms with E-state index < -0.39 is 23.8 Å². The molecule has 0 radical (unpaired) electrons. The molecule has 0 aromatic heterocycles. The molecule has 0 spiro atoms. The lowest BCUT2D eigenvalue weighted by Gasteiger charge is -2.15. The quantitative estimate of drug-likeness (QED) is 0.432. The summed E-state index contributed by atoms with van der Waals surface area (Å²) in [6.45, 7) is 0. The maximum Gasteiger partial charge on any atom is 0.320 e. The summed E-state index contributed by atoms with van der Waals surface area (Å²) in [5, 5.41) is 8.73. The first-order chi connectivity index (χ1) is 9.47. The third kappa shape index (κ3) is 4.68. The number of ether oxygens (including phenoxy) is 2. The van der Waals surface area contributed by atoms with Crippen molar-refractivity contribution < 1.29 is 29.0 Å². The maximum atomic E-state index is 11.5. The van der Waals surface area contributed by atoms with Gasteiger partial charge in [-0.25, -0.2) is 0 Å². The number of hydrogen-bond acceptors (Lipinski definition) is 5. The van der Waals surface area contributed by atoms with Crippen LogP contribution in [0.1, 0.15) is 25.7 Å². The average molecular weight is 284 g/mol. The van der Waals surface area contributed by atoms with Gasteiger partial charge >= 0.3 is 17.9 Å². The Bertz CT molecular complexity index is 384. The van der Waals surface area contributed by atoms with Crippen molar-refractivity contribution in [3.8, 4) is 0 Å². The second-order valence-corrected chi connectivity index (χ2v) is 4.91. The van der Waals surface area contributed by atoms with Crippen LogP contribution in [0.5, 0.6) is 0 Å². The fourth-order valence-corrected chi connectivity index (χ4v) is 2.45. The Morgan fingerprint density at radius 1 is 1.15 bits per heavy atom. The largest absolute Gasteiger partial charge is 0.481 e. The van der Waals surface area contributed by atoms with Crippen molar-refractivity contribution in [1.29, 1.82) is 0 Å². The number of allylic oxidation sites excluding steroid dienone is 2. The molecule has 0 heterocycles. The fourth-order valence-electron chi connectivity index (χ4n) is 2.45. The molecule has 0 aliphatic heterocycles. The number of carbonyl (C=O) groups excluding carboxylic acids is 2. The van der Waals surface area contributed by atoms with E-state index in [1.165, 1.54) is 14.2 Å². The van der Waals surface area contributed by atoms with Gasteiger partial charge in [-0.3, -0.25) is 14.4 Å². The molecule has 0 fully saturated rings. The minimum atomic E-state index is -0.906. The molecule has 1 aliphatic carbocycles. The monoisotopic (exact) mass is 284 g/mol. The minimum Gasteiger partial charge on any atom is -0.481 e. The van der Waals surface area contributed by atoms with Crippen LogP contribution in [0.3, 0.4) is 0 Å². The number of aliphatic carboxylic acids is 1. The van der Waals surface area contributed by atoms with Gasteiger partial charge in [-0.1, -0.05) is 12.2 Å². The van der Waals surface area contributed by atoms with E-state index in [0.717, 1.165) is 6.42 Å². The standard InChI is InChI=1S/C14H20O6/c1-19-13(17)11(14(18)20-2)6-5-9-3-4-10(7-9)8-12(15)16/h3-4,9-11H,5-8H2,1-2H3,(H,15,16)/t9-,10-/m0/s1. The van der Waals surface area contributed by atoms with Gasteiger partial charge in [-0.05, 0) is 31.1 Å². The number of carboxylic acid groups (broad SMARTS) is 1. The van der Waals surface area contributed by atoms with Gasteiger partial charge in [0.2, 0.25) is 0 Å². The molecule has 0 saturated heterocycles. The number of carbonyl (C=O) groups is 3. The van der Waals surface area contributed by atoms with Gasteiger partial charge in [0, 0.05) is 0 Å². The second kappa shape index (κ2) is 7.67. The third-order valence-corrected chi connectivity index (χ3v) is 3.50. The van der Waals surface area contributed by atoms with Crippen molar-refractivity contribution in [2.45, 2.75) is 25.7 Å². The first-order valence-electron chi connectivity index (χ1n) is 6.53. The van der Waals surface area contributed by atoms with Gasteiger partial charge in [0.1, 0.15) is 0 Å². The first kappa shape index (κ1) is 16.2. The summed E-state index contributed by atoms with van der Waals surface area (Å²) in [6.07, 6.45) is 5.67. The number of rotatable bonds is 7. The van der Waals surface area contributed by atoms with E-state index in [0.29, 0.717) is 12.8 Å². The van der Waals surface area contributed by atoms with E-state index in [9.17, 15) is 14.4 Å². The molecule has 2 atom stereocenters. The zero-order chi connectivity index (χ0) is 15.1. The summed E-state index contributed by atoms with van der Waals surface area (Å²) >= 11 is 0. The second-order valence-electron chi connectivity index (χ2n) is 4.91. The van der Waals surface area contributed by atoms with Gasteiger partial charge in [-0.15, -0.1) is 0 Å². The van der Waals surface area contributed by atoms with Gasteiger partial charge < -0.3 is 14.6 Å². The Labute approximate surface area is 117 Å². The topological polar surface area (TPSA) is 89.9 Å². The lowest BCUT2D eigenvalue weighted by Crippen LogP contribution is -2.27. The Morgan fingerprint density at radius 2 is 1.70 bits per heavy atom. The van der Waals surface area contributed by atoms with Crippen molar-refractivity contribution >= 4 is 17.9 Å². The molecule has 6 nitrogen and oxygen atoms in total. The van der Waals surface area contributed by atoms with E-state index in [4.69, 9.17) is 5.11 Å². The molecule has 0 unspecified atom stereocenters. The molecule has 1 N–H and O–H groups in total. The van der Waals surface area contributed by atoms with Crippen molar-refractivity contribution in [2.75, 3.05) is 14.2 Å². The minimum absolute atomic E-state index is 0.0344. The zero-order valence-corrected chi connectivity index (χ0v) is 11.7. The van der Waals surface area contributed by atoms with E-state index in [2.05, 4.69) is 9.47 Å². The summed E-state index contributed by atoms with van der Waals surface area (Å²) in [4.78, 5) is 33.6. The molecule has 0 aromatic rings. The van der Waals surface area contributed by atoms with Crippen molar-refractivity contribution in [2.24, 2.45) is 17.8 Å². The normalized spacial score (nSPS) is 20.9. The lowest BCUT2D eigenvalue weighted by molar-refractivity contribution is -0.159. The van der Waals surface area contributed by atoms with Crippen LogP contribution in [0.25, 0.3) is 0 Å². The Morgan fingerprint density at radius 3 is 2.20 bits per heavy atom. The number of esters is 2. The van der Waals surface area contributed by atoms with Crippen molar-refractivity contribution in [1.82, 2.24) is 0 Å². The molecule has 1 rings (SSSR count). The Balaban J connectivity index is 2.45. The molecule has 112 valence electrons. The predicted molar refractivity (Wildman–Crippen MR) is 69.7 cm³/mol. The molecule has 0 aromatic carbocycles. The Hall–Kier alpha value is -1.85.